The van der Waals surface area contributed by atoms with Gasteiger partial charge in [-0.3, -0.25) is 14.9 Å². The molecule has 160 valence electrons. The molecule has 0 aliphatic rings. The highest BCUT2D eigenvalue weighted by Gasteiger charge is 2.26. The SMILES string of the molecule is CN(CC(=O)NC(c1ccccc1)c1ccccc1)S(=O)(=O)c1cccc([N+](=O)[O-])c1. The largest absolute Gasteiger partial charge is 0.344 e. The van der Waals surface area contributed by atoms with Gasteiger partial charge in [0, 0.05) is 19.2 Å². The Morgan fingerprint density at radius 1 is 0.968 bits per heavy atom. The Morgan fingerprint density at radius 3 is 2.03 bits per heavy atom. The summed E-state index contributed by atoms with van der Waals surface area (Å²) in [6.07, 6.45) is 0. The van der Waals surface area contributed by atoms with Crippen LogP contribution in [0.3, 0.4) is 0 Å². The molecule has 0 bridgehead atoms. The second-order valence-corrected chi connectivity index (χ2v) is 8.88. The highest BCUT2D eigenvalue weighted by molar-refractivity contribution is 7.89. The van der Waals surface area contributed by atoms with E-state index in [1.807, 2.05) is 60.7 Å². The number of carbonyl (C=O) groups excluding carboxylic acids is 1. The molecular formula is C22H21N3O5S. The standard InChI is InChI=1S/C22H21N3O5S/c1-24(31(29,30)20-14-8-13-19(15-20)25(27)28)16-21(26)23-22(17-9-4-2-5-10-17)18-11-6-3-7-12-18/h2-15,22H,16H2,1H3,(H,23,26). The lowest BCUT2D eigenvalue weighted by Gasteiger charge is -2.22. The zero-order chi connectivity index (χ0) is 22.4. The number of rotatable bonds is 8. The number of nitrogens with zero attached hydrogens (tertiary/aromatic N) is 2. The van der Waals surface area contributed by atoms with Gasteiger partial charge in [0.05, 0.1) is 22.4 Å². The highest BCUT2D eigenvalue weighted by atomic mass is 32.2. The molecule has 3 aromatic carbocycles. The molecule has 31 heavy (non-hydrogen) atoms. The minimum Gasteiger partial charge on any atom is -0.344 e. The van der Waals surface area contributed by atoms with E-state index < -0.39 is 33.4 Å². The van der Waals surface area contributed by atoms with E-state index in [0.29, 0.717) is 0 Å². The Bertz CT molecular complexity index is 1130. The van der Waals surface area contributed by atoms with E-state index in [-0.39, 0.29) is 10.6 Å². The Balaban J connectivity index is 1.79. The van der Waals surface area contributed by atoms with Crippen LogP contribution in [0, 0.1) is 10.1 Å². The van der Waals surface area contributed by atoms with E-state index in [4.69, 9.17) is 0 Å². The van der Waals surface area contributed by atoms with Crippen molar-refractivity contribution in [1.82, 2.24) is 9.62 Å². The smallest absolute Gasteiger partial charge is 0.270 e. The fourth-order valence-corrected chi connectivity index (χ4v) is 4.25. The first-order valence-corrected chi connectivity index (χ1v) is 10.8. The maximum Gasteiger partial charge on any atom is 0.270 e. The molecule has 0 aliphatic heterocycles. The molecule has 0 radical (unpaired) electrons. The quantitative estimate of drug-likeness (QED) is 0.428. The Hall–Kier alpha value is -3.56. The number of nitro groups is 1. The molecule has 0 spiro atoms. The highest BCUT2D eigenvalue weighted by Crippen LogP contribution is 2.23. The molecule has 0 saturated carbocycles. The average molecular weight is 439 g/mol. The van der Waals surface area contributed by atoms with Crippen LogP contribution in [0.25, 0.3) is 0 Å². The lowest BCUT2D eigenvalue weighted by atomic mass is 9.99. The second-order valence-electron chi connectivity index (χ2n) is 6.84. The molecule has 3 aromatic rings. The summed E-state index contributed by atoms with van der Waals surface area (Å²) in [5.74, 6) is -0.505. The van der Waals surface area contributed by atoms with Gasteiger partial charge in [0.2, 0.25) is 15.9 Å². The topological polar surface area (TPSA) is 110 Å². The van der Waals surface area contributed by atoms with Gasteiger partial charge in [-0.15, -0.1) is 0 Å². The number of sulfonamides is 1. The van der Waals surface area contributed by atoms with E-state index >= 15 is 0 Å². The number of likely N-dealkylation sites (N-methyl/N-ethyl adjacent to an activating group) is 1. The number of hydrogen-bond acceptors (Lipinski definition) is 5. The van der Waals surface area contributed by atoms with Crippen LogP contribution in [0.2, 0.25) is 0 Å². The fraction of sp³-hybridized carbons (Fsp3) is 0.136. The van der Waals surface area contributed by atoms with Crippen LogP contribution in [0.5, 0.6) is 0 Å². The molecular weight excluding hydrogens is 418 g/mol. The second kappa shape index (κ2) is 9.50. The summed E-state index contributed by atoms with van der Waals surface area (Å²) < 4.78 is 26.5. The predicted octanol–water partition coefficient (Wildman–Crippen LogP) is 3.12. The van der Waals surface area contributed by atoms with E-state index in [9.17, 15) is 23.3 Å². The molecule has 0 aliphatic carbocycles. The predicted molar refractivity (Wildman–Crippen MR) is 116 cm³/mol. The molecule has 0 aromatic heterocycles. The van der Waals surface area contributed by atoms with Gasteiger partial charge < -0.3 is 5.32 Å². The minimum absolute atomic E-state index is 0.250. The van der Waals surface area contributed by atoms with Crippen LogP contribution in [-0.2, 0) is 14.8 Å². The fourth-order valence-electron chi connectivity index (χ4n) is 3.08. The molecule has 3 rings (SSSR count). The molecule has 0 fully saturated rings. The van der Waals surface area contributed by atoms with E-state index in [0.717, 1.165) is 21.5 Å². The van der Waals surface area contributed by atoms with Gasteiger partial charge >= 0.3 is 0 Å². The van der Waals surface area contributed by atoms with Gasteiger partial charge in [0.25, 0.3) is 5.69 Å². The third-order valence-corrected chi connectivity index (χ3v) is 6.47. The number of non-ortho nitro benzene ring substituents is 1. The Kier molecular flexibility index (Phi) is 6.78. The van der Waals surface area contributed by atoms with Gasteiger partial charge in [-0.25, -0.2) is 8.42 Å². The summed E-state index contributed by atoms with van der Waals surface area (Å²) in [7, 11) is -2.83. The van der Waals surface area contributed by atoms with E-state index in [2.05, 4.69) is 5.32 Å². The number of nitro benzene ring substituents is 1. The maximum atomic E-state index is 12.8. The number of carbonyl (C=O) groups is 1. The normalized spacial score (nSPS) is 11.5. The summed E-state index contributed by atoms with van der Waals surface area (Å²) in [6, 6.07) is 22.9. The molecule has 1 N–H and O–H groups in total. The van der Waals surface area contributed by atoms with Crippen LogP contribution >= 0.6 is 0 Å². The summed E-state index contributed by atoms with van der Waals surface area (Å²) >= 11 is 0. The van der Waals surface area contributed by atoms with Gasteiger partial charge in [0.15, 0.2) is 0 Å². The van der Waals surface area contributed by atoms with Crippen LogP contribution < -0.4 is 5.32 Å². The van der Waals surface area contributed by atoms with Gasteiger partial charge in [0.1, 0.15) is 0 Å². The van der Waals surface area contributed by atoms with E-state index in [1.165, 1.54) is 25.2 Å². The van der Waals surface area contributed by atoms with Crippen LogP contribution in [0.1, 0.15) is 17.2 Å². The first-order valence-electron chi connectivity index (χ1n) is 9.39. The van der Waals surface area contributed by atoms with E-state index in [1.54, 1.807) is 0 Å². The van der Waals surface area contributed by atoms with Crippen LogP contribution in [-0.4, -0.2) is 37.1 Å². The minimum atomic E-state index is -4.09. The van der Waals surface area contributed by atoms with Crippen LogP contribution in [0.15, 0.2) is 89.8 Å². The number of benzene rings is 3. The first kappa shape index (κ1) is 22.1. The number of amides is 1. The van der Waals surface area contributed by atoms with Gasteiger partial charge in [-0.2, -0.15) is 4.31 Å². The summed E-state index contributed by atoms with van der Waals surface area (Å²) in [4.78, 5) is 22.8. The maximum absolute atomic E-state index is 12.8. The summed E-state index contributed by atoms with van der Waals surface area (Å²) in [5, 5.41) is 13.8. The van der Waals surface area contributed by atoms with Crippen molar-refractivity contribution in [3.8, 4) is 0 Å². The van der Waals surface area contributed by atoms with Crippen molar-refractivity contribution in [1.29, 1.82) is 0 Å². The summed E-state index contributed by atoms with van der Waals surface area (Å²) in [6.45, 7) is -0.443. The molecule has 0 heterocycles. The molecule has 9 heteroatoms. The number of nitrogens with one attached hydrogen (secondary N) is 1. The third kappa shape index (κ3) is 5.33. The third-order valence-electron chi connectivity index (χ3n) is 4.67. The van der Waals surface area contributed by atoms with Crippen molar-refractivity contribution in [2.45, 2.75) is 10.9 Å². The van der Waals surface area contributed by atoms with Gasteiger partial charge in [-0.1, -0.05) is 66.7 Å². The number of hydrogen-bond donors (Lipinski definition) is 1. The Labute approximate surface area is 180 Å². The zero-order valence-corrected chi connectivity index (χ0v) is 17.5. The summed E-state index contributed by atoms with van der Waals surface area (Å²) in [5.41, 5.74) is 1.37. The monoisotopic (exact) mass is 439 g/mol. The van der Waals surface area contributed by atoms with Crippen LogP contribution in [0.4, 0.5) is 5.69 Å². The zero-order valence-electron chi connectivity index (χ0n) is 16.7. The van der Waals surface area contributed by atoms with Crippen molar-refractivity contribution < 1.29 is 18.1 Å². The molecule has 0 saturated heterocycles. The lowest BCUT2D eigenvalue weighted by Crippen LogP contribution is -2.40. The van der Waals surface area contributed by atoms with Crippen molar-refractivity contribution in [2.24, 2.45) is 0 Å². The molecule has 0 unspecified atom stereocenters. The van der Waals surface area contributed by atoms with Crippen molar-refractivity contribution in [3.05, 3.63) is 106 Å². The Morgan fingerprint density at radius 2 is 1.52 bits per heavy atom. The average Bonchev–Trinajstić information content (AvgIpc) is 2.78. The molecule has 8 nitrogen and oxygen atoms in total. The molecule has 1 amide bonds. The lowest BCUT2D eigenvalue weighted by molar-refractivity contribution is -0.385. The van der Waals surface area contributed by atoms with Gasteiger partial charge in [-0.05, 0) is 17.2 Å². The van der Waals surface area contributed by atoms with Crippen molar-refractivity contribution in [3.63, 3.8) is 0 Å². The van der Waals surface area contributed by atoms with Crippen molar-refractivity contribution in [2.75, 3.05) is 13.6 Å². The first-order chi connectivity index (χ1) is 14.8. The molecule has 0 atom stereocenters. The van der Waals surface area contributed by atoms with Crippen molar-refractivity contribution >= 4 is 21.6 Å².